The van der Waals surface area contributed by atoms with E-state index < -0.39 is 10.1 Å². The van der Waals surface area contributed by atoms with Crippen LogP contribution < -0.4 is 5.73 Å². The molecule has 0 saturated heterocycles. The molecule has 7 heteroatoms. The molecule has 122 valence electrons. The molecule has 0 amide bonds. The average molecular weight is 341 g/mol. The second-order valence-electron chi connectivity index (χ2n) is 5.34. The Morgan fingerprint density at radius 3 is 2.21 bits per heavy atom. The van der Waals surface area contributed by atoms with E-state index >= 15 is 0 Å². The number of fused-ring (bicyclic) bond motifs is 1. The topological polar surface area (TPSA) is 105 Å². The minimum Gasteiger partial charge on any atom is -0.398 e. The van der Waals surface area contributed by atoms with Gasteiger partial charge in [0, 0.05) is 16.5 Å². The number of nitrogens with two attached hydrogens (primary N) is 1. The van der Waals surface area contributed by atoms with Crippen LogP contribution in [-0.2, 0) is 10.1 Å². The van der Waals surface area contributed by atoms with Crippen molar-refractivity contribution in [2.24, 2.45) is 10.2 Å². The second kappa shape index (κ2) is 6.03. The Hall–Kier alpha value is -2.77. The monoisotopic (exact) mass is 341 g/mol. The minimum atomic E-state index is -4.21. The fourth-order valence-electron chi connectivity index (χ4n) is 2.39. The minimum absolute atomic E-state index is 0.185. The van der Waals surface area contributed by atoms with Gasteiger partial charge in [0.05, 0.1) is 16.3 Å². The summed E-state index contributed by atoms with van der Waals surface area (Å²) in [4.78, 5) is -0.185. The van der Waals surface area contributed by atoms with E-state index in [1.165, 1.54) is 24.3 Å². The van der Waals surface area contributed by atoms with Gasteiger partial charge in [-0.15, -0.1) is 5.11 Å². The van der Waals surface area contributed by atoms with Crippen LogP contribution in [0.4, 0.5) is 17.1 Å². The molecule has 0 spiro atoms. The van der Waals surface area contributed by atoms with Crippen LogP contribution in [0.3, 0.4) is 0 Å². The lowest BCUT2D eigenvalue weighted by molar-refractivity contribution is 0.483. The number of benzene rings is 3. The zero-order valence-electron chi connectivity index (χ0n) is 12.8. The molecule has 0 bridgehead atoms. The smallest absolute Gasteiger partial charge is 0.294 e. The summed E-state index contributed by atoms with van der Waals surface area (Å²) in [6.07, 6.45) is 0. The van der Waals surface area contributed by atoms with Gasteiger partial charge >= 0.3 is 0 Å². The summed E-state index contributed by atoms with van der Waals surface area (Å²) in [5.74, 6) is 0. The molecule has 0 unspecified atom stereocenters. The molecule has 0 radical (unpaired) electrons. The van der Waals surface area contributed by atoms with Crippen molar-refractivity contribution in [1.29, 1.82) is 0 Å². The summed E-state index contributed by atoms with van der Waals surface area (Å²) >= 11 is 0. The molecular weight excluding hydrogens is 326 g/mol. The third-order valence-electron chi connectivity index (χ3n) is 3.68. The van der Waals surface area contributed by atoms with Crippen LogP contribution in [0.25, 0.3) is 10.8 Å². The van der Waals surface area contributed by atoms with E-state index in [2.05, 4.69) is 10.2 Å². The van der Waals surface area contributed by atoms with E-state index in [1.807, 2.05) is 37.3 Å². The maximum atomic E-state index is 11.0. The van der Waals surface area contributed by atoms with Crippen molar-refractivity contribution in [2.45, 2.75) is 11.8 Å². The van der Waals surface area contributed by atoms with Gasteiger partial charge in [0.2, 0.25) is 0 Å². The largest absolute Gasteiger partial charge is 0.398 e. The summed E-state index contributed by atoms with van der Waals surface area (Å²) in [5.41, 5.74) is 8.87. The molecule has 3 N–H and O–H groups in total. The van der Waals surface area contributed by atoms with Crippen LogP contribution in [0.1, 0.15) is 5.56 Å². The lowest BCUT2D eigenvalue weighted by Crippen LogP contribution is -1.96. The normalized spacial score (nSPS) is 12.1. The van der Waals surface area contributed by atoms with Gasteiger partial charge in [-0.1, -0.05) is 24.3 Å². The number of aryl methyl sites for hydroxylation is 1. The van der Waals surface area contributed by atoms with Crippen LogP contribution >= 0.6 is 0 Å². The maximum absolute atomic E-state index is 11.0. The Morgan fingerprint density at radius 2 is 1.58 bits per heavy atom. The molecule has 0 saturated carbocycles. The van der Waals surface area contributed by atoms with Crippen molar-refractivity contribution < 1.29 is 13.0 Å². The summed E-state index contributed by atoms with van der Waals surface area (Å²) in [5, 5.41) is 10.2. The maximum Gasteiger partial charge on any atom is 0.294 e. The van der Waals surface area contributed by atoms with Crippen molar-refractivity contribution in [3.05, 3.63) is 60.2 Å². The quantitative estimate of drug-likeness (QED) is 0.418. The zero-order chi connectivity index (χ0) is 17.3. The first-order chi connectivity index (χ1) is 11.4. The highest BCUT2D eigenvalue weighted by Crippen LogP contribution is 2.34. The molecule has 0 aliphatic heterocycles. The Kier molecular flexibility index (Phi) is 4.04. The van der Waals surface area contributed by atoms with E-state index in [9.17, 15) is 8.42 Å². The molecular formula is C17H15N3O3S. The Labute approximate surface area is 139 Å². The van der Waals surface area contributed by atoms with E-state index in [1.54, 1.807) is 0 Å². The molecule has 3 aromatic rings. The van der Waals surface area contributed by atoms with Gasteiger partial charge < -0.3 is 5.73 Å². The van der Waals surface area contributed by atoms with Crippen LogP contribution in [0.2, 0.25) is 0 Å². The van der Waals surface area contributed by atoms with Crippen molar-refractivity contribution in [3.63, 3.8) is 0 Å². The molecule has 24 heavy (non-hydrogen) atoms. The van der Waals surface area contributed by atoms with Crippen LogP contribution in [-0.4, -0.2) is 13.0 Å². The van der Waals surface area contributed by atoms with Gasteiger partial charge in [-0.2, -0.15) is 13.5 Å². The highest BCUT2D eigenvalue weighted by molar-refractivity contribution is 7.85. The van der Waals surface area contributed by atoms with Crippen LogP contribution in [0, 0.1) is 6.92 Å². The number of azo groups is 1. The predicted octanol–water partition coefficient (Wildman–Crippen LogP) is 4.39. The first-order valence-corrected chi connectivity index (χ1v) is 8.57. The fourth-order valence-corrected chi connectivity index (χ4v) is 2.87. The Bertz CT molecular complexity index is 1040. The molecule has 0 aliphatic carbocycles. The van der Waals surface area contributed by atoms with E-state index in [-0.39, 0.29) is 4.90 Å². The summed E-state index contributed by atoms with van der Waals surface area (Å²) in [6.45, 7) is 1.90. The van der Waals surface area contributed by atoms with Gasteiger partial charge in [-0.25, -0.2) is 0 Å². The summed E-state index contributed by atoms with van der Waals surface area (Å²) in [7, 11) is -4.21. The molecule has 0 heterocycles. The van der Waals surface area contributed by atoms with Crippen molar-refractivity contribution in [2.75, 3.05) is 5.73 Å². The van der Waals surface area contributed by atoms with Crippen LogP contribution in [0.5, 0.6) is 0 Å². The summed E-state index contributed by atoms with van der Waals surface area (Å²) < 4.78 is 31.0. The highest BCUT2D eigenvalue weighted by atomic mass is 32.2. The first kappa shape index (κ1) is 16.1. The number of hydrogen-bond donors (Lipinski definition) is 2. The standard InChI is InChI=1S/C17H15N3O3S/c1-11-10-16(14-4-2-3-5-15(14)17(11)18)20-19-12-6-8-13(9-7-12)24(21,22)23/h2-10H,18H2,1H3,(H,21,22,23). The molecule has 0 aliphatic rings. The van der Waals surface area contributed by atoms with Gasteiger partial charge in [0.15, 0.2) is 0 Å². The van der Waals surface area contributed by atoms with E-state index in [0.29, 0.717) is 17.1 Å². The number of nitrogen functional groups attached to an aromatic ring is 1. The van der Waals surface area contributed by atoms with Crippen molar-refractivity contribution in [3.8, 4) is 0 Å². The number of anilines is 1. The highest BCUT2D eigenvalue weighted by Gasteiger charge is 2.09. The third-order valence-corrected chi connectivity index (χ3v) is 4.55. The van der Waals surface area contributed by atoms with Gasteiger partial charge in [0.1, 0.15) is 0 Å². The van der Waals surface area contributed by atoms with Crippen LogP contribution in [0.15, 0.2) is 69.7 Å². The molecule has 3 rings (SSSR count). The molecule has 3 aromatic carbocycles. The average Bonchev–Trinajstić information content (AvgIpc) is 2.56. The summed E-state index contributed by atoms with van der Waals surface area (Å²) in [6, 6.07) is 15.0. The lowest BCUT2D eigenvalue weighted by atomic mass is 10.0. The van der Waals surface area contributed by atoms with Gasteiger partial charge in [0.25, 0.3) is 10.1 Å². The third kappa shape index (κ3) is 3.12. The first-order valence-electron chi connectivity index (χ1n) is 7.13. The van der Waals surface area contributed by atoms with Crippen molar-refractivity contribution in [1.82, 2.24) is 0 Å². The Balaban J connectivity index is 2.01. The predicted molar refractivity (Wildman–Crippen MR) is 93.5 cm³/mol. The van der Waals surface area contributed by atoms with Crippen molar-refractivity contribution >= 4 is 38.0 Å². The molecule has 0 fully saturated rings. The lowest BCUT2D eigenvalue weighted by Gasteiger charge is -2.08. The number of hydrogen-bond acceptors (Lipinski definition) is 5. The molecule has 0 atom stereocenters. The fraction of sp³-hybridized carbons (Fsp3) is 0.0588. The number of rotatable bonds is 3. The Morgan fingerprint density at radius 1 is 0.958 bits per heavy atom. The molecule has 0 aromatic heterocycles. The number of nitrogens with zero attached hydrogens (tertiary/aromatic N) is 2. The van der Waals surface area contributed by atoms with E-state index in [4.69, 9.17) is 10.3 Å². The zero-order valence-corrected chi connectivity index (χ0v) is 13.7. The SMILES string of the molecule is Cc1cc(N=Nc2ccc(S(=O)(=O)O)cc2)c2ccccc2c1N. The second-order valence-corrected chi connectivity index (χ2v) is 6.76. The molecule has 6 nitrogen and oxygen atoms in total. The van der Waals surface area contributed by atoms with Gasteiger partial charge in [-0.3, -0.25) is 4.55 Å². The van der Waals surface area contributed by atoms with Gasteiger partial charge in [-0.05, 0) is 42.8 Å². The van der Waals surface area contributed by atoms with E-state index in [0.717, 1.165) is 16.3 Å².